The number of hydrogen-bond donors (Lipinski definition) is 1. The van der Waals surface area contributed by atoms with Crippen molar-refractivity contribution < 1.29 is 4.74 Å². The molecule has 1 heterocycles. The Bertz CT molecular complexity index is 295. The average Bonchev–Trinajstić information content (AvgIpc) is 2.16. The Morgan fingerprint density at radius 1 is 1.43 bits per heavy atom. The molecule has 5 heteroatoms. The third kappa shape index (κ3) is 3.12. The molecule has 0 fully saturated rings. The van der Waals surface area contributed by atoms with Crippen LogP contribution in [0.1, 0.15) is 13.8 Å². The van der Waals surface area contributed by atoms with E-state index in [-0.39, 0.29) is 12.1 Å². The zero-order valence-corrected chi connectivity index (χ0v) is 9.25. The van der Waals surface area contributed by atoms with Crippen molar-refractivity contribution >= 4 is 17.4 Å². The number of rotatable bonds is 4. The molecule has 0 radical (unpaired) electrons. The second-order valence-corrected chi connectivity index (χ2v) is 3.49. The van der Waals surface area contributed by atoms with Gasteiger partial charge in [0.15, 0.2) is 0 Å². The van der Waals surface area contributed by atoms with Gasteiger partial charge in [-0.15, -0.1) is 0 Å². The van der Waals surface area contributed by atoms with Crippen molar-refractivity contribution in [2.24, 2.45) is 0 Å². The number of ether oxygens (including phenoxy) is 1. The van der Waals surface area contributed by atoms with E-state index in [9.17, 15) is 0 Å². The van der Waals surface area contributed by atoms with Crippen LogP contribution in [0.15, 0.2) is 12.4 Å². The summed E-state index contributed by atoms with van der Waals surface area (Å²) in [4.78, 5) is 7.99. The first-order valence-corrected chi connectivity index (χ1v) is 4.78. The highest BCUT2D eigenvalue weighted by molar-refractivity contribution is 6.29. The molecule has 1 aromatic heterocycles. The van der Waals surface area contributed by atoms with E-state index in [0.29, 0.717) is 11.0 Å². The molecular weight excluding hydrogens is 202 g/mol. The van der Waals surface area contributed by atoms with Crippen molar-refractivity contribution in [3.63, 3.8) is 0 Å². The molecule has 0 amide bonds. The summed E-state index contributed by atoms with van der Waals surface area (Å²) in [5, 5.41) is 3.53. The normalized spacial score (nSPS) is 14.9. The Labute approximate surface area is 88.7 Å². The monoisotopic (exact) mass is 215 g/mol. The SMILES string of the molecule is COC(C)[C@H](C)Nc1cncc(Cl)n1. The number of nitrogens with zero attached hydrogens (tertiary/aromatic N) is 2. The summed E-state index contributed by atoms with van der Waals surface area (Å²) in [7, 11) is 1.67. The van der Waals surface area contributed by atoms with Gasteiger partial charge in [0, 0.05) is 7.11 Å². The smallest absolute Gasteiger partial charge is 0.149 e. The molecule has 4 nitrogen and oxygen atoms in total. The molecule has 0 aliphatic rings. The Hall–Kier alpha value is -0.870. The molecule has 78 valence electrons. The van der Waals surface area contributed by atoms with Crippen LogP contribution in [0.25, 0.3) is 0 Å². The van der Waals surface area contributed by atoms with Crippen molar-refractivity contribution in [1.82, 2.24) is 9.97 Å². The number of aromatic nitrogens is 2. The van der Waals surface area contributed by atoms with Gasteiger partial charge in [0.1, 0.15) is 11.0 Å². The first-order valence-electron chi connectivity index (χ1n) is 4.40. The molecular formula is C9H14ClN3O. The van der Waals surface area contributed by atoms with Crippen LogP contribution >= 0.6 is 11.6 Å². The predicted octanol–water partition coefficient (Wildman–Crippen LogP) is 1.97. The molecule has 0 aliphatic heterocycles. The van der Waals surface area contributed by atoms with Crippen LogP contribution in [0, 0.1) is 0 Å². The van der Waals surface area contributed by atoms with Gasteiger partial charge in [-0.3, -0.25) is 4.98 Å². The molecule has 2 atom stereocenters. The van der Waals surface area contributed by atoms with Crippen LogP contribution < -0.4 is 5.32 Å². The van der Waals surface area contributed by atoms with E-state index >= 15 is 0 Å². The maximum Gasteiger partial charge on any atom is 0.149 e. The lowest BCUT2D eigenvalue weighted by atomic mass is 10.2. The quantitative estimate of drug-likeness (QED) is 0.834. The number of methoxy groups -OCH3 is 1. The summed E-state index contributed by atoms with van der Waals surface area (Å²) in [6.45, 7) is 3.99. The summed E-state index contributed by atoms with van der Waals surface area (Å²) in [5.74, 6) is 0.661. The second kappa shape index (κ2) is 5.12. The minimum Gasteiger partial charge on any atom is -0.380 e. The topological polar surface area (TPSA) is 47.0 Å². The first kappa shape index (κ1) is 11.2. The van der Waals surface area contributed by atoms with E-state index in [1.807, 2.05) is 13.8 Å². The van der Waals surface area contributed by atoms with Crippen LogP contribution in [0.3, 0.4) is 0 Å². The molecule has 0 saturated heterocycles. The first-order chi connectivity index (χ1) is 6.63. The van der Waals surface area contributed by atoms with Crippen molar-refractivity contribution in [2.45, 2.75) is 26.0 Å². The lowest BCUT2D eigenvalue weighted by Crippen LogP contribution is -2.30. The standard InChI is InChI=1S/C9H14ClN3O/c1-6(7(2)14-3)12-9-5-11-4-8(10)13-9/h4-7H,1-3H3,(H,12,13)/t6-,7?/m0/s1. The number of halogens is 1. The highest BCUT2D eigenvalue weighted by atomic mass is 35.5. The van der Waals surface area contributed by atoms with Gasteiger partial charge in [0.25, 0.3) is 0 Å². The van der Waals surface area contributed by atoms with Gasteiger partial charge < -0.3 is 10.1 Å². The molecule has 0 aromatic carbocycles. The summed E-state index contributed by atoms with van der Waals surface area (Å²) in [5.41, 5.74) is 0. The van der Waals surface area contributed by atoms with Crippen molar-refractivity contribution in [3.05, 3.63) is 17.5 Å². The minimum atomic E-state index is 0.107. The fourth-order valence-electron chi connectivity index (χ4n) is 0.966. The largest absolute Gasteiger partial charge is 0.380 e. The van der Waals surface area contributed by atoms with Gasteiger partial charge in [-0.25, -0.2) is 4.98 Å². The van der Waals surface area contributed by atoms with Crippen LogP contribution in [0.2, 0.25) is 5.15 Å². The maximum absolute atomic E-state index is 5.70. The van der Waals surface area contributed by atoms with E-state index in [0.717, 1.165) is 0 Å². The summed E-state index contributed by atoms with van der Waals surface area (Å²) < 4.78 is 5.17. The second-order valence-electron chi connectivity index (χ2n) is 3.10. The molecule has 0 spiro atoms. The van der Waals surface area contributed by atoms with E-state index in [1.54, 1.807) is 13.3 Å². The highest BCUT2D eigenvalue weighted by Crippen LogP contribution is 2.09. The molecule has 1 aromatic rings. The van der Waals surface area contributed by atoms with Gasteiger partial charge in [-0.1, -0.05) is 11.6 Å². The van der Waals surface area contributed by atoms with Crippen molar-refractivity contribution in [3.8, 4) is 0 Å². The Kier molecular flexibility index (Phi) is 4.10. The van der Waals surface area contributed by atoms with Crippen molar-refractivity contribution in [2.75, 3.05) is 12.4 Å². The number of hydrogen-bond acceptors (Lipinski definition) is 4. The van der Waals surface area contributed by atoms with Gasteiger partial charge in [-0.2, -0.15) is 0 Å². The molecule has 1 unspecified atom stereocenters. The average molecular weight is 216 g/mol. The molecule has 0 aliphatic carbocycles. The van der Waals surface area contributed by atoms with E-state index in [4.69, 9.17) is 16.3 Å². The zero-order valence-electron chi connectivity index (χ0n) is 8.49. The Morgan fingerprint density at radius 3 is 2.71 bits per heavy atom. The maximum atomic E-state index is 5.70. The van der Waals surface area contributed by atoms with Gasteiger partial charge in [0.05, 0.1) is 24.5 Å². The van der Waals surface area contributed by atoms with Crippen LogP contribution in [-0.4, -0.2) is 29.2 Å². The van der Waals surface area contributed by atoms with Crippen LogP contribution in [0.4, 0.5) is 5.82 Å². The lowest BCUT2D eigenvalue weighted by molar-refractivity contribution is 0.106. The summed E-state index contributed by atoms with van der Waals surface area (Å²) in [6.07, 6.45) is 3.23. The number of nitrogens with one attached hydrogen (secondary N) is 1. The third-order valence-electron chi connectivity index (χ3n) is 2.06. The zero-order chi connectivity index (χ0) is 10.6. The van der Waals surface area contributed by atoms with E-state index in [1.165, 1.54) is 6.20 Å². The number of anilines is 1. The van der Waals surface area contributed by atoms with Crippen LogP contribution in [-0.2, 0) is 4.74 Å². The van der Waals surface area contributed by atoms with Gasteiger partial charge >= 0.3 is 0 Å². The van der Waals surface area contributed by atoms with Crippen LogP contribution in [0.5, 0.6) is 0 Å². The van der Waals surface area contributed by atoms with Crippen molar-refractivity contribution in [1.29, 1.82) is 0 Å². The third-order valence-corrected chi connectivity index (χ3v) is 2.24. The molecule has 1 N–H and O–H groups in total. The fraction of sp³-hybridized carbons (Fsp3) is 0.556. The Morgan fingerprint density at radius 2 is 2.14 bits per heavy atom. The molecule has 14 heavy (non-hydrogen) atoms. The summed E-state index contributed by atoms with van der Waals surface area (Å²) >= 11 is 5.70. The molecule has 1 rings (SSSR count). The van der Waals surface area contributed by atoms with E-state index in [2.05, 4.69) is 15.3 Å². The van der Waals surface area contributed by atoms with E-state index < -0.39 is 0 Å². The summed E-state index contributed by atoms with van der Waals surface area (Å²) in [6, 6.07) is 0.160. The fourth-order valence-corrected chi connectivity index (χ4v) is 1.11. The molecule has 0 saturated carbocycles. The minimum absolute atomic E-state index is 0.107. The predicted molar refractivity (Wildman–Crippen MR) is 56.6 cm³/mol. The highest BCUT2D eigenvalue weighted by Gasteiger charge is 2.11. The Balaban J connectivity index is 2.60. The molecule has 0 bridgehead atoms. The van der Waals surface area contributed by atoms with Gasteiger partial charge in [0.2, 0.25) is 0 Å². The van der Waals surface area contributed by atoms with Gasteiger partial charge in [-0.05, 0) is 13.8 Å². The lowest BCUT2D eigenvalue weighted by Gasteiger charge is -2.20.